The molecule has 102 valence electrons. The molecule has 0 saturated heterocycles. The highest BCUT2D eigenvalue weighted by Gasteiger charge is 2.21. The third kappa shape index (κ3) is 3.12. The molecule has 0 amide bonds. The van der Waals surface area contributed by atoms with Gasteiger partial charge >= 0.3 is 0 Å². The van der Waals surface area contributed by atoms with Gasteiger partial charge in [0.05, 0.1) is 30.4 Å². The number of nitrogens with zero attached hydrogens (tertiary/aromatic N) is 3. The van der Waals surface area contributed by atoms with Gasteiger partial charge in [-0.3, -0.25) is 0 Å². The van der Waals surface area contributed by atoms with E-state index in [0.29, 0.717) is 6.54 Å². The van der Waals surface area contributed by atoms with Crippen LogP contribution in [0, 0.1) is 5.41 Å². The Labute approximate surface area is 113 Å². The number of para-hydroxylation sites is 2. The number of aromatic nitrogens is 3. The van der Waals surface area contributed by atoms with Crippen LogP contribution in [0.15, 0.2) is 36.7 Å². The van der Waals surface area contributed by atoms with Crippen molar-refractivity contribution >= 4 is 5.69 Å². The molecule has 0 bridgehead atoms. The van der Waals surface area contributed by atoms with E-state index >= 15 is 0 Å². The molecule has 1 aromatic carbocycles. The highest BCUT2D eigenvalue weighted by atomic mass is 16.3. The summed E-state index contributed by atoms with van der Waals surface area (Å²) >= 11 is 0. The summed E-state index contributed by atoms with van der Waals surface area (Å²) in [5, 5.41) is 20.7. The Morgan fingerprint density at radius 3 is 2.79 bits per heavy atom. The van der Waals surface area contributed by atoms with Crippen molar-refractivity contribution in [2.75, 3.05) is 18.5 Å². The lowest BCUT2D eigenvalue weighted by Crippen LogP contribution is -2.29. The first-order chi connectivity index (χ1) is 9.18. The van der Waals surface area contributed by atoms with Crippen LogP contribution in [0.3, 0.4) is 0 Å². The molecule has 5 nitrogen and oxygen atoms in total. The monoisotopic (exact) mass is 260 g/mol. The predicted octanol–water partition coefficient (Wildman–Crippen LogP) is 2.09. The van der Waals surface area contributed by atoms with Gasteiger partial charge in [-0.25, -0.2) is 4.68 Å². The van der Waals surface area contributed by atoms with Crippen molar-refractivity contribution in [3.05, 3.63) is 36.7 Å². The molecular weight excluding hydrogens is 240 g/mol. The van der Waals surface area contributed by atoms with E-state index in [4.69, 9.17) is 0 Å². The van der Waals surface area contributed by atoms with Crippen LogP contribution < -0.4 is 5.32 Å². The fourth-order valence-electron chi connectivity index (χ4n) is 1.76. The van der Waals surface area contributed by atoms with Crippen LogP contribution >= 0.6 is 0 Å². The number of hydrogen-bond acceptors (Lipinski definition) is 4. The van der Waals surface area contributed by atoms with Gasteiger partial charge in [0, 0.05) is 12.0 Å². The summed E-state index contributed by atoms with van der Waals surface area (Å²) < 4.78 is 1.73. The van der Waals surface area contributed by atoms with Crippen LogP contribution in [0.4, 0.5) is 5.69 Å². The van der Waals surface area contributed by atoms with E-state index in [1.165, 1.54) is 0 Å². The SMILES string of the molecule is CCC(C)(CO)CNc1ccccc1-n1ccnn1. The summed E-state index contributed by atoms with van der Waals surface area (Å²) in [6.45, 7) is 5.03. The van der Waals surface area contributed by atoms with Crippen molar-refractivity contribution in [3.63, 3.8) is 0 Å². The molecule has 0 radical (unpaired) electrons. The summed E-state index contributed by atoms with van der Waals surface area (Å²) in [5.41, 5.74) is 1.83. The maximum absolute atomic E-state index is 9.45. The minimum Gasteiger partial charge on any atom is -0.396 e. The van der Waals surface area contributed by atoms with Crippen LogP contribution in [0.25, 0.3) is 5.69 Å². The quantitative estimate of drug-likeness (QED) is 0.834. The minimum atomic E-state index is -0.116. The smallest absolute Gasteiger partial charge is 0.0894 e. The Bertz CT molecular complexity index is 506. The van der Waals surface area contributed by atoms with Gasteiger partial charge in [-0.15, -0.1) is 5.10 Å². The molecule has 0 aliphatic rings. The van der Waals surface area contributed by atoms with E-state index in [1.807, 2.05) is 30.5 Å². The van der Waals surface area contributed by atoms with Crippen LogP contribution in [-0.2, 0) is 0 Å². The lowest BCUT2D eigenvalue weighted by molar-refractivity contribution is 0.149. The molecular formula is C14H20N4O. The van der Waals surface area contributed by atoms with Crippen molar-refractivity contribution < 1.29 is 5.11 Å². The largest absolute Gasteiger partial charge is 0.396 e. The Morgan fingerprint density at radius 2 is 2.16 bits per heavy atom. The molecule has 0 aliphatic heterocycles. The Hall–Kier alpha value is -1.88. The fraction of sp³-hybridized carbons (Fsp3) is 0.429. The Morgan fingerprint density at radius 1 is 1.37 bits per heavy atom. The van der Waals surface area contributed by atoms with Crippen LogP contribution in [0.1, 0.15) is 20.3 Å². The van der Waals surface area contributed by atoms with Crippen molar-refractivity contribution in [2.24, 2.45) is 5.41 Å². The zero-order valence-electron chi connectivity index (χ0n) is 11.4. The number of nitrogens with one attached hydrogen (secondary N) is 1. The lowest BCUT2D eigenvalue weighted by Gasteiger charge is -2.27. The summed E-state index contributed by atoms with van der Waals surface area (Å²) in [6.07, 6.45) is 4.38. The zero-order valence-corrected chi connectivity index (χ0v) is 11.4. The second-order valence-electron chi connectivity index (χ2n) is 5.04. The number of aliphatic hydroxyl groups is 1. The number of aliphatic hydroxyl groups excluding tert-OH is 1. The van der Waals surface area contributed by atoms with Gasteiger partial charge in [0.2, 0.25) is 0 Å². The second-order valence-corrected chi connectivity index (χ2v) is 5.04. The van der Waals surface area contributed by atoms with Crippen molar-refractivity contribution in [2.45, 2.75) is 20.3 Å². The summed E-state index contributed by atoms with van der Waals surface area (Å²) in [6, 6.07) is 7.93. The molecule has 2 rings (SSSR count). The summed E-state index contributed by atoms with van der Waals surface area (Å²) in [7, 11) is 0. The molecule has 0 saturated carbocycles. The average Bonchev–Trinajstić information content (AvgIpc) is 2.99. The van der Waals surface area contributed by atoms with Gasteiger partial charge in [0.25, 0.3) is 0 Å². The summed E-state index contributed by atoms with van der Waals surface area (Å²) in [4.78, 5) is 0. The topological polar surface area (TPSA) is 63.0 Å². The van der Waals surface area contributed by atoms with Gasteiger partial charge in [0.15, 0.2) is 0 Å². The molecule has 1 aromatic heterocycles. The van der Waals surface area contributed by atoms with Gasteiger partial charge < -0.3 is 10.4 Å². The van der Waals surface area contributed by atoms with E-state index in [-0.39, 0.29) is 12.0 Å². The highest BCUT2D eigenvalue weighted by molar-refractivity contribution is 5.60. The predicted molar refractivity (Wildman–Crippen MR) is 75.3 cm³/mol. The number of hydrogen-bond donors (Lipinski definition) is 2. The molecule has 1 atom stereocenters. The van der Waals surface area contributed by atoms with Crippen LogP contribution in [-0.4, -0.2) is 33.3 Å². The maximum atomic E-state index is 9.45. The van der Waals surface area contributed by atoms with E-state index in [1.54, 1.807) is 10.9 Å². The third-order valence-electron chi connectivity index (χ3n) is 3.51. The lowest BCUT2D eigenvalue weighted by atomic mass is 9.88. The molecule has 1 unspecified atom stereocenters. The fourth-order valence-corrected chi connectivity index (χ4v) is 1.76. The van der Waals surface area contributed by atoms with Crippen LogP contribution in [0.5, 0.6) is 0 Å². The maximum Gasteiger partial charge on any atom is 0.0894 e. The molecule has 2 N–H and O–H groups in total. The molecule has 0 spiro atoms. The van der Waals surface area contributed by atoms with Gasteiger partial charge in [-0.1, -0.05) is 31.2 Å². The minimum absolute atomic E-state index is 0.116. The zero-order chi connectivity index (χ0) is 13.7. The van der Waals surface area contributed by atoms with Crippen molar-refractivity contribution in [1.82, 2.24) is 15.0 Å². The summed E-state index contributed by atoms with van der Waals surface area (Å²) in [5.74, 6) is 0. The van der Waals surface area contributed by atoms with E-state index in [0.717, 1.165) is 17.8 Å². The molecule has 19 heavy (non-hydrogen) atoms. The normalized spacial score (nSPS) is 14.1. The highest BCUT2D eigenvalue weighted by Crippen LogP contribution is 2.24. The molecule has 2 aromatic rings. The number of anilines is 1. The first-order valence-electron chi connectivity index (χ1n) is 6.49. The second kappa shape index (κ2) is 5.84. The Kier molecular flexibility index (Phi) is 4.16. The van der Waals surface area contributed by atoms with E-state index in [9.17, 15) is 5.11 Å². The van der Waals surface area contributed by atoms with Gasteiger partial charge in [-0.2, -0.15) is 0 Å². The van der Waals surface area contributed by atoms with E-state index in [2.05, 4.69) is 29.5 Å². The Balaban J connectivity index is 2.17. The van der Waals surface area contributed by atoms with Crippen LogP contribution in [0.2, 0.25) is 0 Å². The van der Waals surface area contributed by atoms with Crippen molar-refractivity contribution in [1.29, 1.82) is 0 Å². The first-order valence-corrected chi connectivity index (χ1v) is 6.49. The van der Waals surface area contributed by atoms with Crippen molar-refractivity contribution in [3.8, 4) is 5.69 Å². The number of benzene rings is 1. The van der Waals surface area contributed by atoms with Gasteiger partial charge in [-0.05, 0) is 18.6 Å². The molecule has 1 heterocycles. The number of rotatable bonds is 6. The van der Waals surface area contributed by atoms with Gasteiger partial charge in [0.1, 0.15) is 0 Å². The molecule has 0 aliphatic carbocycles. The first kappa shape index (κ1) is 13.5. The molecule has 5 heteroatoms. The molecule has 0 fully saturated rings. The van der Waals surface area contributed by atoms with E-state index < -0.39 is 0 Å². The third-order valence-corrected chi connectivity index (χ3v) is 3.51. The standard InChI is InChI=1S/C14H20N4O/c1-3-14(2,11-19)10-15-12-6-4-5-7-13(12)18-9-8-16-17-18/h4-9,15,19H,3,10-11H2,1-2H3. The average molecular weight is 260 g/mol.